The number of Topliss-reactive ketones (excluding diaryl/α,β-unsaturated/α-hetero) is 1. The molecule has 1 N–H and O–H groups in total. The number of phenolic OH excluding ortho intramolecular Hbond substituents is 1. The lowest BCUT2D eigenvalue weighted by molar-refractivity contribution is 0.0979. The molecule has 0 aliphatic rings. The topological polar surface area (TPSA) is 37.3 Å². The van der Waals surface area contributed by atoms with E-state index in [0.29, 0.717) is 12.0 Å². The van der Waals surface area contributed by atoms with Crippen LogP contribution < -0.4 is 0 Å². The van der Waals surface area contributed by atoms with Crippen LogP contribution in [0.25, 0.3) is 0 Å². The van der Waals surface area contributed by atoms with Crippen LogP contribution in [0.3, 0.4) is 0 Å². The van der Waals surface area contributed by atoms with Crippen LogP contribution in [-0.4, -0.2) is 10.9 Å². The van der Waals surface area contributed by atoms with E-state index in [1.165, 1.54) is 0 Å². The fraction of sp³-hybridized carbons (Fsp3) is 0.417. The van der Waals surface area contributed by atoms with Crippen molar-refractivity contribution in [2.75, 3.05) is 0 Å². The highest BCUT2D eigenvalue weighted by Crippen LogP contribution is 2.25. The SMILES string of the molecule is CCCC(=O)c1cc(C)cc(C)c1O. The number of hydrogen-bond acceptors (Lipinski definition) is 2. The zero-order valence-electron chi connectivity index (χ0n) is 8.92. The van der Waals surface area contributed by atoms with Crippen molar-refractivity contribution in [2.24, 2.45) is 0 Å². The van der Waals surface area contributed by atoms with Gasteiger partial charge in [-0.05, 0) is 37.5 Å². The number of rotatable bonds is 3. The summed E-state index contributed by atoms with van der Waals surface area (Å²) in [5, 5.41) is 9.70. The van der Waals surface area contributed by atoms with Gasteiger partial charge < -0.3 is 5.11 Å². The van der Waals surface area contributed by atoms with Gasteiger partial charge in [0.2, 0.25) is 0 Å². The Labute approximate surface area is 84.6 Å². The molecule has 0 radical (unpaired) electrons. The van der Waals surface area contributed by atoms with Gasteiger partial charge in [-0.25, -0.2) is 0 Å². The van der Waals surface area contributed by atoms with Crippen molar-refractivity contribution in [3.8, 4) is 5.75 Å². The smallest absolute Gasteiger partial charge is 0.166 e. The molecule has 2 nitrogen and oxygen atoms in total. The molecule has 0 spiro atoms. The summed E-state index contributed by atoms with van der Waals surface area (Å²) in [4.78, 5) is 11.6. The Balaban J connectivity index is 3.13. The average Bonchev–Trinajstić information content (AvgIpc) is 2.11. The highest BCUT2D eigenvalue weighted by molar-refractivity contribution is 5.99. The maximum atomic E-state index is 11.6. The van der Waals surface area contributed by atoms with Crippen LogP contribution in [-0.2, 0) is 0 Å². The fourth-order valence-electron chi connectivity index (χ4n) is 1.53. The normalized spacial score (nSPS) is 10.2. The molecule has 1 aromatic carbocycles. The maximum Gasteiger partial charge on any atom is 0.166 e. The van der Waals surface area contributed by atoms with Gasteiger partial charge in [-0.15, -0.1) is 0 Å². The standard InChI is InChI=1S/C12H16O2/c1-4-5-11(13)10-7-8(2)6-9(3)12(10)14/h6-7,14H,4-5H2,1-3H3. The minimum Gasteiger partial charge on any atom is -0.507 e. The van der Waals surface area contributed by atoms with E-state index >= 15 is 0 Å². The summed E-state index contributed by atoms with van der Waals surface area (Å²) in [5.41, 5.74) is 2.24. The quantitative estimate of drug-likeness (QED) is 0.747. The third-order valence-electron chi connectivity index (χ3n) is 2.22. The van der Waals surface area contributed by atoms with Gasteiger partial charge in [0.25, 0.3) is 0 Å². The van der Waals surface area contributed by atoms with Crippen molar-refractivity contribution >= 4 is 5.78 Å². The second-order valence-electron chi connectivity index (χ2n) is 3.65. The molecule has 0 bridgehead atoms. The number of carbonyl (C=O) groups is 1. The summed E-state index contributed by atoms with van der Waals surface area (Å²) in [7, 11) is 0. The van der Waals surface area contributed by atoms with E-state index < -0.39 is 0 Å². The van der Waals surface area contributed by atoms with E-state index in [0.717, 1.165) is 17.5 Å². The van der Waals surface area contributed by atoms with Gasteiger partial charge in [0, 0.05) is 6.42 Å². The van der Waals surface area contributed by atoms with Gasteiger partial charge in [-0.3, -0.25) is 4.79 Å². The molecule has 0 heterocycles. The highest BCUT2D eigenvalue weighted by Gasteiger charge is 2.12. The Hall–Kier alpha value is -1.31. The summed E-state index contributed by atoms with van der Waals surface area (Å²) in [5.74, 6) is 0.158. The van der Waals surface area contributed by atoms with Crippen LogP contribution >= 0.6 is 0 Å². The Bertz CT molecular complexity index is 354. The summed E-state index contributed by atoms with van der Waals surface area (Å²) in [6, 6.07) is 3.62. The minimum absolute atomic E-state index is 0.0248. The first-order chi connectivity index (χ1) is 6.56. The van der Waals surface area contributed by atoms with Gasteiger partial charge in [0.15, 0.2) is 5.78 Å². The summed E-state index contributed by atoms with van der Waals surface area (Å²) < 4.78 is 0. The molecule has 0 fully saturated rings. The van der Waals surface area contributed by atoms with Gasteiger partial charge in [-0.2, -0.15) is 0 Å². The van der Waals surface area contributed by atoms with Crippen LogP contribution in [0.4, 0.5) is 0 Å². The van der Waals surface area contributed by atoms with E-state index in [1.54, 1.807) is 6.07 Å². The third kappa shape index (κ3) is 2.13. The van der Waals surface area contributed by atoms with Gasteiger partial charge in [-0.1, -0.05) is 13.0 Å². The minimum atomic E-state index is 0.0248. The zero-order chi connectivity index (χ0) is 10.7. The van der Waals surface area contributed by atoms with Crippen LogP contribution in [0.1, 0.15) is 41.3 Å². The summed E-state index contributed by atoms with van der Waals surface area (Å²) in [6.07, 6.45) is 1.31. The first-order valence-electron chi connectivity index (χ1n) is 4.89. The van der Waals surface area contributed by atoms with Gasteiger partial charge in [0.05, 0.1) is 5.56 Å². The summed E-state index contributed by atoms with van der Waals surface area (Å²) in [6.45, 7) is 5.69. The fourth-order valence-corrected chi connectivity index (χ4v) is 1.53. The Morgan fingerprint density at radius 2 is 2.00 bits per heavy atom. The zero-order valence-corrected chi connectivity index (χ0v) is 8.92. The predicted octanol–water partition coefficient (Wildman–Crippen LogP) is 2.99. The lowest BCUT2D eigenvalue weighted by Crippen LogP contribution is -2.00. The molecule has 1 rings (SSSR count). The summed E-state index contributed by atoms with van der Waals surface area (Å²) >= 11 is 0. The van der Waals surface area contributed by atoms with Crippen LogP contribution in [0.15, 0.2) is 12.1 Å². The van der Waals surface area contributed by atoms with Crippen molar-refractivity contribution in [3.05, 3.63) is 28.8 Å². The number of aryl methyl sites for hydroxylation is 2. The second kappa shape index (κ2) is 4.27. The average molecular weight is 192 g/mol. The molecule has 0 aliphatic heterocycles. The Morgan fingerprint density at radius 1 is 1.36 bits per heavy atom. The number of benzene rings is 1. The maximum absolute atomic E-state index is 11.6. The highest BCUT2D eigenvalue weighted by atomic mass is 16.3. The van der Waals surface area contributed by atoms with Gasteiger partial charge >= 0.3 is 0 Å². The molecule has 14 heavy (non-hydrogen) atoms. The largest absolute Gasteiger partial charge is 0.507 e. The molecule has 0 saturated heterocycles. The van der Waals surface area contributed by atoms with Crippen LogP contribution in [0.5, 0.6) is 5.75 Å². The third-order valence-corrected chi connectivity index (χ3v) is 2.22. The molecule has 0 aromatic heterocycles. The van der Waals surface area contributed by atoms with Gasteiger partial charge in [0.1, 0.15) is 5.75 Å². The molecule has 1 aromatic rings. The first-order valence-corrected chi connectivity index (χ1v) is 4.89. The number of phenols is 1. The van der Waals surface area contributed by atoms with Crippen LogP contribution in [0, 0.1) is 13.8 Å². The van der Waals surface area contributed by atoms with Crippen molar-refractivity contribution in [2.45, 2.75) is 33.6 Å². The number of ketones is 1. The Morgan fingerprint density at radius 3 is 2.57 bits per heavy atom. The van der Waals surface area contributed by atoms with E-state index in [-0.39, 0.29) is 11.5 Å². The van der Waals surface area contributed by atoms with E-state index in [1.807, 2.05) is 26.8 Å². The number of carbonyl (C=O) groups excluding carboxylic acids is 1. The second-order valence-corrected chi connectivity index (χ2v) is 3.65. The molecule has 0 atom stereocenters. The molecule has 0 amide bonds. The molecule has 0 aliphatic carbocycles. The van der Waals surface area contributed by atoms with Crippen molar-refractivity contribution < 1.29 is 9.90 Å². The molecule has 0 saturated carbocycles. The van der Waals surface area contributed by atoms with E-state index in [9.17, 15) is 9.90 Å². The molecule has 2 heteroatoms. The number of hydrogen-bond donors (Lipinski definition) is 1. The van der Waals surface area contributed by atoms with E-state index in [2.05, 4.69) is 0 Å². The van der Waals surface area contributed by atoms with Crippen molar-refractivity contribution in [1.82, 2.24) is 0 Å². The van der Waals surface area contributed by atoms with Crippen molar-refractivity contribution in [1.29, 1.82) is 0 Å². The lowest BCUT2D eigenvalue weighted by atomic mass is 10.0. The molecule has 0 unspecified atom stereocenters. The first kappa shape index (κ1) is 10.8. The number of aromatic hydroxyl groups is 1. The predicted molar refractivity (Wildman–Crippen MR) is 56.8 cm³/mol. The van der Waals surface area contributed by atoms with Crippen molar-refractivity contribution in [3.63, 3.8) is 0 Å². The molecular formula is C12H16O2. The van der Waals surface area contributed by atoms with E-state index in [4.69, 9.17) is 0 Å². The van der Waals surface area contributed by atoms with Crippen LogP contribution in [0.2, 0.25) is 0 Å². The molecule has 76 valence electrons. The molecular weight excluding hydrogens is 176 g/mol. The Kier molecular flexibility index (Phi) is 3.28. The monoisotopic (exact) mass is 192 g/mol. The lowest BCUT2D eigenvalue weighted by Gasteiger charge is -2.07.